The molecule has 0 unspecified atom stereocenters. The highest BCUT2D eigenvalue weighted by molar-refractivity contribution is 6.01. The molecule has 1 N–H and O–H groups in total. The number of allylic oxidation sites excluding steroid dienone is 1. The fourth-order valence-corrected chi connectivity index (χ4v) is 3.77. The van der Waals surface area contributed by atoms with Gasteiger partial charge in [-0.3, -0.25) is 15.0 Å². The van der Waals surface area contributed by atoms with E-state index in [0.717, 1.165) is 26.9 Å². The Morgan fingerprint density at radius 2 is 1.97 bits per heavy atom. The van der Waals surface area contributed by atoms with Crippen molar-refractivity contribution in [1.82, 2.24) is 25.1 Å². The Labute approximate surface area is 185 Å². The highest BCUT2D eigenvalue weighted by Gasteiger charge is 2.39. The molecular formula is C22H25N5O5. The summed E-state index contributed by atoms with van der Waals surface area (Å²) in [5.74, 6) is 1.05. The quantitative estimate of drug-likeness (QED) is 0.657. The summed E-state index contributed by atoms with van der Waals surface area (Å²) < 4.78 is 10.5. The van der Waals surface area contributed by atoms with E-state index in [1.807, 2.05) is 31.2 Å². The number of carbonyl (C=O) groups excluding carboxylic acids is 2. The summed E-state index contributed by atoms with van der Waals surface area (Å²) in [7, 11) is 1.60. The molecule has 10 heteroatoms. The third kappa shape index (κ3) is 4.04. The predicted octanol–water partition coefficient (Wildman–Crippen LogP) is 2.58. The number of benzene rings is 1. The number of aryl methyl sites for hydroxylation is 2. The second kappa shape index (κ2) is 8.75. The van der Waals surface area contributed by atoms with Gasteiger partial charge in [0.1, 0.15) is 18.1 Å². The summed E-state index contributed by atoms with van der Waals surface area (Å²) >= 11 is 0. The molecule has 1 aromatic carbocycles. The van der Waals surface area contributed by atoms with Crippen molar-refractivity contribution < 1.29 is 24.1 Å². The number of rotatable bonds is 7. The highest BCUT2D eigenvalue weighted by atomic mass is 16.5. The largest absolute Gasteiger partial charge is 0.496 e. The van der Waals surface area contributed by atoms with Gasteiger partial charge >= 0.3 is 6.03 Å². The number of hydrogen-bond donors (Lipinski definition) is 1. The Morgan fingerprint density at radius 3 is 2.69 bits per heavy atom. The number of aromatic nitrogens is 1. The van der Waals surface area contributed by atoms with Crippen molar-refractivity contribution in [2.75, 3.05) is 20.2 Å². The summed E-state index contributed by atoms with van der Waals surface area (Å²) in [6.45, 7) is 3.97. The van der Waals surface area contributed by atoms with Crippen LogP contribution in [0.2, 0.25) is 0 Å². The summed E-state index contributed by atoms with van der Waals surface area (Å²) in [5.41, 5.74) is 2.98. The number of ether oxygens (including phenoxy) is 1. The molecule has 168 valence electrons. The summed E-state index contributed by atoms with van der Waals surface area (Å²) in [4.78, 5) is 27.2. The molecule has 3 amide bonds. The Hall–Kier alpha value is -3.79. The normalized spacial score (nSPS) is 16.3. The summed E-state index contributed by atoms with van der Waals surface area (Å²) in [5, 5.41) is 17.6. The molecule has 1 saturated heterocycles. The molecule has 0 saturated carbocycles. The first-order valence-electron chi connectivity index (χ1n) is 10.2. The van der Waals surface area contributed by atoms with Gasteiger partial charge in [0.05, 0.1) is 24.7 Å². The van der Waals surface area contributed by atoms with E-state index in [2.05, 4.69) is 5.16 Å². The van der Waals surface area contributed by atoms with Gasteiger partial charge in [-0.2, -0.15) is 5.01 Å². The van der Waals surface area contributed by atoms with Crippen LogP contribution in [0, 0.1) is 13.8 Å². The molecule has 3 heterocycles. The van der Waals surface area contributed by atoms with E-state index in [9.17, 15) is 14.8 Å². The van der Waals surface area contributed by atoms with Crippen molar-refractivity contribution in [3.63, 3.8) is 0 Å². The van der Waals surface area contributed by atoms with Crippen molar-refractivity contribution >= 4 is 11.9 Å². The third-order valence-electron chi connectivity index (χ3n) is 5.56. The van der Waals surface area contributed by atoms with Crippen LogP contribution in [0.5, 0.6) is 5.75 Å². The van der Waals surface area contributed by atoms with Gasteiger partial charge in [0.15, 0.2) is 0 Å². The Kier molecular flexibility index (Phi) is 5.87. The lowest BCUT2D eigenvalue weighted by Gasteiger charge is -2.31. The first-order valence-corrected chi connectivity index (χ1v) is 10.2. The molecule has 0 bridgehead atoms. The number of amides is 3. The Bertz CT molecular complexity index is 1070. The lowest BCUT2D eigenvalue weighted by atomic mass is 10.1. The van der Waals surface area contributed by atoms with Crippen molar-refractivity contribution in [2.45, 2.75) is 26.7 Å². The number of hydrazine groups is 1. The molecule has 2 aliphatic heterocycles. The van der Waals surface area contributed by atoms with Gasteiger partial charge < -0.3 is 14.2 Å². The highest BCUT2D eigenvalue weighted by Crippen LogP contribution is 2.25. The number of urea groups is 1. The van der Waals surface area contributed by atoms with Crippen LogP contribution in [0.4, 0.5) is 4.79 Å². The maximum absolute atomic E-state index is 13.0. The number of hydroxylamine groups is 2. The average molecular weight is 439 g/mol. The standard InChI is InChI=1S/C22H25N5O5/c1-15-19(16(2)32-23-15)12-18-13-25(10-11-26(18)30)27-21(28)14-24(22(27)29)9-8-17-6-4-5-7-20(17)31-3/h4-7,10-11,13,30H,8-9,12,14H2,1-3H3. The lowest BCUT2D eigenvalue weighted by molar-refractivity contribution is -0.132. The zero-order valence-electron chi connectivity index (χ0n) is 18.2. The molecule has 0 spiro atoms. The minimum atomic E-state index is -0.422. The zero-order valence-corrected chi connectivity index (χ0v) is 18.2. The molecule has 0 aliphatic carbocycles. The predicted molar refractivity (Wildman–Crippen MR) is 113 cm³/mol. The van der Waals surface area contributed by atoms with Crippen LogP contribution in [-0.4, -0.2) is 62.5 Å². The Morgan fingerprint density at radius 1 is 1.19 bits per heavy atom. The number of nitrogens with zero attached hydrogens (tertiary/aromatic N) is 5. The molecule has 1 fully saturated rings. The van der Waals surface area contributed by atoms with Gasteiger partial charge in [-0.25, -0.2) is 9.86 Å². The van der Waals surface area contributed by atoms with Gasteiger partial charge in [0, 0.05) is 30.9 Å². The molecule has 0 radical (unpaired) electrons. The van der Waals surface area contributed by atoms with E-state index >= 15 is 0 Å². The number of para-hydroxylation sites is 1. The average Bonchev–Trinajstić information content (AvgIpc) is 3.26. The van der Waals surface area contributed by atoms with E-state index in [4.69, 9.17) is 9.26 Å². The fourth-order valence-electron chi connectivity index (χ4n) is 3.77. The summed E-state index contributed by atoms with van der Waals surface area (Å²) in [6.07, 6.45) is 5.27. The van der Waals surface area contributed by atoms with Crippen LogP contribution in [-0.2, 0) is 17.6 Å². The molecule has 32 heavy (non-hydrogen) atoms. The fraction of sp³-hybridized carbons (Fsp3) is 0.318. The van der Waals surface area contributed by atoms with Gasteiger partial charge in [0.2, 0.25) is 0 Å². The van der Waals surface area contributed by atoms with E-state index < -0.39 is 6.03 Å². The number of carbonyl (C=O) groups is 2. The van der Waals surface area contributed by atoms with E-state index in [0.29, 0.717) is 36.5 Å². The molecule has 2 aromatic rings. The van der Waals surface area contributed by atoms with Gasteiger partial charge in [0.25, 0.3) is 5.91 Å². The van der Waals surface area contributed by atoms with E-state index in [1.54, 1.807) is 20.2 Å². The van der Waals surface area contributed by atoms with E-state index in [-0.39, 0.29) is 12.5 Å². The monoisotopic (exact) mass is 439 g/mol. The number of methoxy groups -OCH3 is 1. The maximum atomic E-state index is 13.0. The Balaban J connectivity index is 1.48. The van der Waals surface area contributed by atoms with Crippen LogP contribution in [0.25, 0.3) is 0 Å². The number of imide groups is 1. The third-order valence-corrected chi connectivity index (χ3v) is 5.56. The second-order valence-electron chi connectivity index (χ2n) is 7.59. The van der Waals surface area contributed by atoms with Crippen LogP contribution >= 0.6 is 0 Å². The van der Waals surface area contributed by atoms with Crippen molar-refractivity contribution in [3.8, 4) is 5.75 Å². The van der Waals surface area contributed by atoms with Crippen LogP contribution < -0.4 is 4.74 Å². The molecule has 1 aromatic heterocycles. The number of hydrogen-bond acceptors (Lipinski definition) is 8. The van der Waals surface area contributed by atoms with Crippen molar-refractivity contribution in [3.05, 3.63) is 71.1 Å². The molecule has 10 nitrogen and oxygen atoms in total. The molecule has 4 rings (SSSR count). The van der Waals surface area contributed by atoms with Crippen LogP contribution in [0.3, 0.4) is 0 Å². The van der Waals surface area contributed by atoms with Crippen LogP contribution in [0.1, 0.15) is 22.6 Å². The molecule has 2 aliphatic rings. The van der Waals surface area contributed by atoms with Crippen molar-refractivity contribution in [2.24, 2.45) is 0 Å². The maximum Gasteiger partial charge on any atom is 0.346 e. The smallest absolute Gasteiger partial charge is 0.346 e. The van der Waals surface area contributed by atoms with Crippen molar-refractivity contribution in [1.29, 1.82) is 0 Å². The molecule has 0 atom stereocenters. The lowest BCUT2D eigenvalue weighted by Crippen LogP contribution is -2.43. The summed E-state index contributed by atoms with van der Waals surface area (Å²) in [6, 6.07) is 7.17. The minimum absolute atomic E-state index is 0.0196. The topological polar surface area (TPSA) is 103 Å². The second-order valence-corrected chi connectivity index (χ2v) is 7.59. The van der Waals surface area contributed by atoms with E-state index in [1.165, 1.54) is 22.3 Å². The van der Waals surface area contributed by atoms with Gasteiger partial charge in [-0.05, 0) is 31.9 Å². The SMILES string of the molecule is COc1ccccc1CCN1CC(=O)N(N2C=CN(O)C(Cc3c(C)noc3C)=C2)C1=O. The van der Waals surface area contributed by atoms with Gasteiger partial charge in [-0.1, -0.05) is 23.4 Å². The first-order chi connectivity index (χ1) is 15.4. The minimum Gasteiger partial charge on any atom is -0.496 e. The zero-order chi connectivity index (χ0) is 22.8. The van der Waals surface area contributed by atoms with Crippen LogP contribution in [0.15, 0.2) is 53.1 Å². The molecular weight excluding hydrogens is 414 g/mol. The van der Waals surface area contributed by atoms with Gasteiger partial charge in [-0.15, -0.1) is 0 Å². The first kappa shape index (κ1) is 21.4.